The Labute approximate surface area is 269 Å². The van der Waals surface area contributed by atoms with E-state index in [1.807, 2.05) is 60.7 Å². The fourth-order valence-electron chi connectivity index (χ4n) is 5.85. The van der Waals surface area contributed by atoms with E-state index in [4.69, 9.17) is 14.6 Å². The normalized spacial score (nSPS) is 14.7. The molecule has 9 heteroatoms. The van der Waals surface area contributed by atoms with Crippen LogP contribution >= 0.6 is 0 Å². The first-order chi connectivity index (χ1) is 22.7. The molecule has 47 heavy (non-hydrogen) atoms. The van der Waals surface area contributed by atoms with E-state index < -0.39 is 5.92 Å². The van der Waals surface area contributed by atoms with Gasteiger partial charge < -0.3 is 19.5 Å². The van der Waals surface area contributed by atoms with Crippen LogP contribution in [0.1, 0.15) is 40.9 Å². The number of halogens is 2. The number of pyridine rings is 1. The van der Waals surface area contributed by atoms with Gasteiger partial charge in [-0.2, -0.15) is 0 Å². The van der Waals surface area contributed by atoms with Crippen LogP contribution in [0.5, 0.6) is 0 Å². The number of nitrogen functional groups attached to an aromatic ring is 1. The zero-order chi connectivity index (χ0) is 32.5. The summed E-state index contributed by atoms with van der Waals surface area (Å²) in [6.45, 7) is 0.0752. The molecule has 7 nitrogen and oxygen atoms in total. The zero-order valence-electron chi connectivity index (χ0n) is 25.4. The molecule has 1 amide bonds. The minimum Gasteiger partial charge on any atom is -0.460 e. The molecule has 3 aromatic carbocycles. The summed E-state index contributed by atoms with van der Waals surface area (Å²) in [4.78, 5) is 31.2. The van der Waals surface area contributed by atoms with Crippen LogP contribution in [-0.4, -0.2) is 40.6 Å². The van der Waals surface area contributed by atoms with Gasteiger partial charge in [-0.3, -0.25) is 9.59 Å². The van der Waals surface area contributed by atoms with Crippen LogP contribution < -0.4 is 5.73 Å². The van der Waals surface area contributed by atoms with Crippen molar-refractivity contribution in [2.45, 2.75) is 31.6 Å². The fraction of sp³-hybridized carbons (Fsp3) is 0.184. The molecule has 0 radical (unpaired) electrons. The molecule has 1 aliphatic heterocycles. The predicted octanol–water partition coefficient (Wildman–Crippen LogP) is 8.58. The van der Waals surface area contributed by atoms with Crippen molar-refractivity contribution < 1.29 is 27.2 Å². The Morgan fingerprint density at radius 1 is 0.894 bits per heavy atom. The maximum absolute atomic E-state index is 13.6. The van der Waals surface area contributed by atoms with Gasteiger partial charge in [0.1, 0.15) is 28.5 Å². The third-order valence-electron chi connectivity index (χ3n) is 8.49. The molecule has 0 aliphatic carbocycles. The predicted molar refractivity (Wildman–Crippen MR) is 178 cm³/mol. The molecule has 7 rings (SSSR count). The number of amides is 1. The van der Waals surface area contributed by atoms with Gasteiger partial charge in [0.25, 0.3) is 11.8 Å². The summed E-state index contributed by atoms with van der Waals surface area (Å²) < 4.78 is 39.8. The van der Waals surface area contributed by atoms with Gasteiger partial charge in [-0.15, -0.1) is 0 Å². The van der Waals surface area contributed by atoms with Crippen molar-refractivity contribution in [3.8, 4) is 22.5 Å². The summed E-state index contributed by atoms with van der Waals surface area (Å²) in [7, 11) is 0. The van der Waals surface area contributed by atoms with E-state index in [1.54, 1.807) is 36.5 Å². The highest BCUT2D eigenvalue weighted by molar-refractivity contribution is 5.99. The number of anilines is 1. The van der Waals surface area contributed by atoms with Gasteiger partial charge in [0, 0.05) is 61.3 Å². The second-order valence-electron chi connectivity index (χ2n) is 11.8. The summed E-state index contributed by atoms with van der Waals surface area (Å²) in [5.41, 5.74) is 10.8. The first kappa shape index (κ1) is 30.1. The highest BCUT2D eigenvalue weighted by Gasteiger charge is 2.35. The number of carbonyl (C=O) groups is 2. The Kier molecular flexibility index (Phi) is 7.89. The number of aromatic nitrogens is 1. The Bertz CT molecular complexity index is 2090. The number of benzene rings is 3. The molecule has 6 aromatic rings. The molecular formula is C38H31F2N3O4. The average Bonchev–Trinajstić information content (AvgIpc) is 3.71. The van der Waals surface area contributed by atoms with Crippen LogP contribution in [0.3, 0.4) is 0 Å². The lowest BCUT2D eigenvalue weighted by Crippen LogP contribution is -2.42. The monoisotopic (exact) mass is 631 g/mol. The number of ketones is 1. The lowest BCUT2D eigenvalue weighted by atomic mass is 9.98. The van der Waals surface area contributed by atoms with Gasteiger partial charge >= 0.3 is 0 Å². The number of allylic oxidation sites excluding steroid dienone is 1. The highest BCUT2D eigenvalue weighted by Crippen LogP contribution is 2.38. The van der Waals surface area contributed by atoms with Crippen LogP contribution in [0.4, 0.5) is 14.6 Å². The van der Waals surface area contributed by atoms with E-state index in [1.165, 1.54) is 11.0 Å². The van der Waals surface area contributed by atoms with E-state index in [9.17, 15) is 18.4 Å². The molecule has 0 bridgehead atoms. The second kappa shape index (κ2) is 12.3. The maximum Gasteiger partial charge on any atom is 0.253 e. The van der Waals surface area contributed by atoms with Crippen LogP contribution in [0, 0.1) is 0 Å². The second-order valence-corrected chi connectivity index (χ2v) is 11.8. The van der Waals surface area contributed by atoms with Gasteiger partial charge in [0.2, 0.25) is 0 Å². The minimum absolute atomic E-state index is 0.0376. The number of furan rings is 2. The summed E-state index contributed by atoms with van der Waals surface area (Å²) >= 11 is 0. The lowest BCUT2D eigenvalue weighted by molar-refractivity contribution is -0.114. The fourth-order valence-corrected chi connectivity index (χ4v) is 5.85. The molecule has 4 heterocycles. The number of hydrogen-bond donors (Lipinski definition) is 1. The average molecular weight is 632 g/mol. The molecule has 2 N–H and O–H groups in total. The maximum atomic E-state index is 13.6. The van der Waals surface area contributed by atoms with Gasteiger partial charge in [0.15, 0.2) is 5.78 Å². The number of rotatable bonds is 8. The number of hydrogen-bond acceptors (Lipinski definition) is 6. The number of alkyl halides is 2. The van der Waals surface area contributed by atoms with Gasteiger partial charge in [-0.05, 0) is 83.4 Å². The Morgan fingerprint density at radius 2 is 1.68 bits per heavy atom. The van der Waals surface area contributed by atoms with Crippen molar-refractivity contribution in [3.05, 3.63) is 114 Å². The Balaban J connectivity index is 1.17. The van der Waals surface area contributed by atoms with Crippen molar-refractivity contribution in [1.82, 2.24) is 9.88 Å². The van der Waals surface area contributed by atoms with Crippen molar-refractivity contribution in [2.24, 2.45) is 0 Å². The van der Waals surface area contributed by atoms with Gasteiger partial charge in [0.05, 0.1) is 5.56 Å². The van der Waals surface area contributed by atoms with E-state index in [0.29, 0.717) is 34.9 Å². The quantitative estimate of drug-likeness (QED) is 0.169. The molecule has 0 unspecified atom stereocenters. The first-order valence-electron chi connectivity index (χ1n) is 15.5. The molecule has 0 saturated carbocycles. The number of nitrogens with zero attached hydrogens (tertiary/aromatic N) is 2. The van der Waals surface area contributed by atoms with Gasteiger partial charge in [-0.1, -0.05) is 30.3 Å². The summed E-state index contributed by atoms with van der Waals surface area (Å²) in [6.07, 6.45) is 4.88. The Hall–Kier alpha value is -5.57. The number of carbonyl (C=O) groups excluding carboxylic acids is 2. The number of fused-ring (bicyclic) bond motifs is 2. The first-order valence-corrected chi connectivity index (χ1v) is 15.5. The Morgan fingerprint density at radius 3 is 2.43 bits per heavy atom. The summed E-state index contributed by atoms with van der Waals surface area (Å²) in [6, 6.07) is 26.3. The minimum atomic E-state index is -2.72. The molecule has 236 valence electrons. The molecule has 1 fully saturated rings. The molecule has 1 aliphatic rings. The standard InChI is InChI=1S/C38H31F2N3O4/c39-38(40)15-17-43(18-16-38)37(45)26-9-7-25(8-10-26)28-19-29-20-31(13-12-30(44)11-5-24-6-14-35(41)42-23-24)46-36(29)32(21-28)34-22-27-3-1-2-4-33(27)47-34/h1-11,14,19-23H,12-13,15-18H2,(H2,41,42)/b11-5+. The van der Waals surface area contributed by atoms with Crippen molar-refractivity contribution in [3.63, 3.8) is 0 Å². The van der Waals surface area contributed by atoms with Gasteiger partial charge in [-0.25, -0.2) is 13.8 Å². The summed E-state index contributed by atoms with van der Waals surface area (Å²) in [5, 5.41) is 1.80. The molecule has 0 atom stereocenters. The molecule has 1 saturated heterocycles. The molecule has 0 spiro atoms. The van der Waals surface area contributed by atoms with Crippen molar-refractivity contribution in [1.29, 1.82) is 0 Å². The largest absolute Gasteiger partial charge is 0.460 e. The van der Waals surface area contributed by atoms with E-state index >= 15 is 0 Å². The van der Waals surface area contributed by atoms with Crippen LogP contribution in [0.15, 0.2) is 106 Å². The van der Waals surface area contributed by atoms with Crippen LogP contribution in [0.2, 0.25) is 0 Å². The topological polar surface area (TPSA) is 103 Å². The number of likely N-dealkylation sites (tertiary alicyclic amines) is 1. The van der Waals surface area contributed by atoms with Crippen molar-refractivity contribution in [2.75, 3.05) is 18.8 Å². The molecular weight excluding hydrogens is 600 g/mol. The van der Waals surface area contributed by atoms with E-state index in [-0.39, 0.29) is 44.0 Å². The summed E-state index contributed by atoms with van der Waals surface area (Å²) in [5.74, 6) is -1.29. The molecule has 3 aromatic heterocycles. The van der Waals surface area contributed by atoms with Crippen LogP contribution in [-0.2, 0) is 11.2 Å². The number of nitrogens with two attached hydrogens (primary N) is 1. The van der Waals surface area contributed by atoms with E-state index in [2.05, 4.69) is 4.98 Å². The lowest BCUT2D eigenvalue weighted by Gasteiger charge is -2.31. The number of para-hydroxylation sites is 1. The SMILES string of the molecule is Nc1ccc(/C=C/C(=O)CCc2cc3cc(-c4ccc(C(=O)N5CCC(F)(F)CC5)cc4)cc(-c4cc5ccccc5o4)c3o2)cn1. The van der Waals surface area contributed by atoms with E-state index in [0.717, 1.165) is 38.6 Å². The highest BCUT2D eigenvalue weighted by atomic mass is 19.3. The zero-order valence-corrected chi connectivity index (χ0v) is 25.4. The van der Waals surface area contributed by atoms with Crippen molar-refractivity contribution >= 4 is 45.5 Å². The number of aryl methyl sites for hydroxylation is 1. The third kappa shape index (κ3) is 6.56. The number of piperidine rings is 1. The third-order valence-corrected chi connectivity index (χ3v) is 8.49. The van der Waals surface area contributed by atoms with Crippen LogP contribution in [0.25, 0.3) is 50.5 Å². The smallest absolute Gasteiger partial charge is 0.253 e.